The van der Waals surface area contributed by atoms with Gasteiger partial charge in [-0.05, 0) is 25.7 Å². The summed E-state index contributed by atoms with van der Waals surface area (Å²) in [7, 11) is 0. The highest BCUT2D eigenvalue weighted by atomic mass is 35.5. The van der Waals surface area contributed by atoms with Crippen molar-refractivity contribution in [1.29, 1.82) is 0 Å². The Balaban J connectivity index is 2.59. The van der Waals surface area contributed by atoms with Gasteiger partial charge in [0.2, 0.25) is 5.91 Å². The lowest BCUT2D eigenvalue weighted by Gasteiger charge is -2.15. The molecule has 0 spiro atoms. The van der Waals surface area contributed by atoms with E-state index >= 15 is 0 Å². The molecule has 20 heavy (non-hydrogen) atoms. The van der Waals surface area contributed by atoms with Crippen LogP contribution in [0.2, 0.25) is 10.0 Å². The van der Waals surface area contributed by atoms with Gasteiger partial charge >= 0.3 is 0 Å². The van der Waals surface area contributed by atoms with Gasteiger partial charge in [0.05, 0.1) is 11.2 Å². The number of carbonyl (C=O) groups is 1. The van der Waals surface area contributed by atoms with E-state index in [1.807, 2.05) is 6.92 Å². The summed E-state index contributed by atoms with van der Waals surface area (Å²) in [4.78, 5) is 23.6. The van der Waals surface area contributed by atoms with Crippen LogP contribution in [0.4, 0.5) is 0 Å². The highest BCUT2D eigenvalue weighted by molar-refractivity contribution is 6.41. The third kappa shape index (κ3) is 5.13. The van der Waals surface area contributed by atoms with E-state index in [1.54, 1.807) is 0 Å². The summed E-state index contributed by atoms with van der Waals surface area (Å²) in [5.41, 5.74) is -0.566. The summed E-state index contributed by atoms with van der Waals surface area (Å²) in [6, 6.07) is 0.0587. The molecule has 112 valence electrons. The first-order chi connectivity index (χ1) is 9.31. The number of hydrogen-bond acceptors (Lipinski definition) is 3. The highest BCUT2D eigenvalue weighted by Gasteiger charge is 2.12. The number of amides is 1. The fourth-order valence-corrected chi connectivity index (χ4v) is 1.94. The molecule has 1 amide bonds. The molecule has 0 fully saturated rings. The highest BCUT2D eigenvalue weighted by Crippen LogP contribution is 2.14. The molecular formula is C13H19Cl2N3O2. The Hall–Kier alpha value is -1.07. The number of hydrogen-bond donors (Lipinski definition) is 1. The molecular weight excluding hydrogens is 301 g/mol. The van der Waals surface area contributed by atoms with Crippen LogP contribution < -0.4 is 10.9 Å². The molecule has 0 aliphatic carbocycles. The van der Waals surface area contributed by atoms with Crippen LogP contribution >= 0.6 is 23.2 Å². The molecule has 1 rings (SSSR count). The lowest BCUT2D eigenvalue weighted by atomic mass is 10.0. The molecule has 0 bridgehead atoms. The van der Waals surface area contributed by atoms with Crippen LogP contribution in [0.25, 0.3) is 0 Å². The molecule has 0 saturated heterocycles. The normalized spacial score (nSPS) is 12.5. The number of nitrogens with one attached hydrogen (secondary N) is 1. The van der Waals surface area contributed by atoms with Gasteiger partial charge in [-0.3, -0.25) is 9.59 Å². The summed E-state index contributed by atoms with van der Waals surface area (Å²) in [6.07, 6.45) is 3.18. The minimum absolute atomic E-state index is 0.0587. The molecule has 1 atom stereocenters. The number of aromatic nitrogens is 2. The molecule has 0 unspecified atom stereocenters. The van der Waals surface area contributed by atoms with Gasteiger partial charge in [0.1, 0.15) is 11.6 Å². The Kier molecular flexibility index (Phi) is 6.49. The van der Waals surface area contributed by atoms with Crippen LogP contribution in [-0.4, -0.2) is 21.7 Å². The van der Waals surface area contributed by atoms with Crippen LogP contribution in [0.3, 0.4) is 0 Å². The summed E-state index contributed by atoms with van der Waals surface area (Å²) in [5.74, 6) is 0.322. The van der Waals surface area contributed by atoms with Crippen LogP contribution in [0.5, 0.6) is 0 Å². The second-order valence-electron chi connectivity index (χ2n) is 5.21. The summed E-state index contributed by atoms with van der Waals surface area (Å²) >= 11 is 11.4. The van der Waals surface area contributed by atoms with Crippen LogP contribution in [0, 0.1) is 5.92 Å². The smallest absolute Gasteiger partial charge is 0.287 e. The van der Waals surface area contributed by atoms with Crippen molar-refractivity contribution in [2.75, 3.05) is 0 Å². The first-order valence-corrected chi connectivity index (χ1v) is 7.27. The third-order valence-corrected chi connectivity index (χ3v) is 3.57. The van der Waals surface area contributed by atoms with E-state index in [4.69, 9.17) is 23.2 Å². The van der Waals surface area contributed by atoms with Gasteiger partial charge in [0, 0.05) is 6.04 Å². The van der Waals surface area contributed by atoms with Gasteiger partial charge in [-0.2, -0.15) is 5.10 Å². The second kappa shape index (κ2) is 7.64. The number of rotatable bonds is 6. The van der Waals surface area contributed by atoms with Crippen molar-refractivity contribution < 1.29 is 4.79 Å². The molecule has 0 saturated carbocycles. The Morgan fingerprint density at radius 2 is 2.00 bits per heavy atom. The van der Waals surface area contributed by atoms with Gasteiger partial charge in [-0.25, -0.2) is 4.68 Å². The van der Waals surface area contributed by atoms with Crippen molar-refractivity contribution in [2.45, 2.75) is 46.2 Å². The fraction of sp³-hybridized carbons (Fsp3) is 0.615. The Morgan fingerprint density at radius 1 is 1.35 bits per heavy atom. The predicted octanol–water partition coefficient (Wildman–Crippen LogP) is 2.49. The predicted molar refractivity (Wildman–Crippen MR) is 80.2 cm³/mol. The van der Waals surface area contributed by atoms with Gasteiger partial charge in [-0.1, -0.05) is 37.0 Å². The quantitative estimate of drug-likeness (QED) is 0.876. The van der Waals surface area contributed by atoms with Crippen LogP contribution in [0.15, 0.2) is 11.0 Å². The Morgan fingerprint density at radius 3 is 2.60 bits per heavy atom. The lowest BCUT2D eigenvalue weighted by molar-refractivity contribution is -0.122. The molecule has 1 aromatic rings. The first kappa shape index (κ1) is 17.0. The monoisotopic (exact) mass is 319 g/mol. The maximum Gasteiger partial charge on any atom is 0.287 e. The molecule has 0 aliphatic heterocycles. The zero-order valence-electron chi connectivity index (χ0n) is 11.8. The maximum atomic E-state index is 11.8. The number of halogens is 2. The maximum absolute atomic E-state index is 11.8. The molecule has 0 radical (unpaired) electrons. The fourth-order valence-electron chi connectivity index (χ4n) is 1.67. The lowest BCUT2D eigenvalue weighted by Crippen LogP contribution is -2.38. The van der Waals surface area contributed by atoms with Gasteiger partial charge in [0.25, 0.3) is 5.56 Å². The zero-order valence-corrected chi connectivity index (χ0v) is 13.3. The van der Waals surface area contributed by atoms with E-state index in [2.05, 4.69) is 24.3 Å². The van der Waals surface area contributed by atoms with Crippen molar-refractivity contribution in [1.82, 2.24) is 15.1 Å². The molecule has 7 heteroatoms. The van der Waals surface area contributed by atoms with Crippen molar-refractivity contribution in [2.24, 2.45) is 5.92 Å². The first-order valence-electron chi connectivity index (χ1n) is 6.51. The number of nitrogens with zero attached hydrogens (tertiary/aromatic N) is 2. The molecule has 0 aromatic carbocycles. The molecule has 1 N–H and O–H groups in total. The number of carbonyl (C=O) groups excluding carboxylic acids is 1. The third-order valence-electron chi connectivity index (χ3n) is 2.82. The van der Waals surface area contributed by atoms with E-state index in [-0.39, 0.29) is 28.5 Å². The van der Waals surface area contributed by atoms with E-state index in [0.717, 1.165) is 17.5 Å². The molecule has 5 nitrogen and oxygen atoms in total. The Bertz CT molecular complexity index is 529. The molecule has 1 heterocycles. The topological polar surface area (TPSA) is 64.0 Å². The van der Waals surface area contributed by atoms with E-state index < -0.39 is 5.56 Å². The van der Waals surface area contributed by atoms with Crippen LogP contribution in [-0.2, 0) is 11.3 Å². The zero-order chi connectivity index (χ0) is 15.3. The summed E-state index contributed by atoms with van der Waals surface area (Å²) in [5, 5.41) is 6.58. The average Bonchev–Trinajstić information content (AvgIpc) is 2.37. The Labute approximate surface area is 128 Å². The van der Waals surface area contributed by atoms with E-state index in [0.29, 0.717) is 5.92 Å². The van der Waals surface area contributed by atoms with Gasteiger partial charge in [-0.15, -0.1) is 0 Å². The second-order valence-corrected chi connectivity index (χ2v) is 5.99. The van der Waals surface area contributed by atoms with Crippen LogP contribution in [0.1, 0.15) is 33.6 Å². The molecule has 0 aliphatic rings. The summed E-state index contributed by atoms with van der Waals surface area (Å²) < 4.78 is 0.999. The largest absolute Gasteiger partial charge is 0.352 e. The minimum atomic E-state index is -0.566. The average molecular weight is 320 g/mol. The van der Waals surface area contributed by atoms with Crippen molar-refractivity contribution in [3.8, 4) is 0 Å². The minimum Gasteiger partial charge on any atom is -0.352 e. The standard InChI is InChI=1S/C13H19Cl2N3O2/c1-8(2)4-5-9(3)17-11(19)7-18-13(20)12(15)10(14)6-16-18/h6,8-9H,4-5,7H2,1-3H3,(H,17,19)/t9-/m0/s1. The summed E-state index contributed by atoms with van der Waals surface area (Å²) in [6.45, 7) is 6.04. The SMILES string of the molecule is CC(C)CC[C@H](C)NC(=O)Cn1ncc(Cl)c(Cl)c1=O. The van der Waals surface area contributed by atoms with Gasteiger partial charge in [0.15, 0.2) is 0 Å². The van der Waals surface area contributed by atoms with Crippen molar-refractivity contribution in [3.05, 3.63) is 26.6 Å². The molecule has 1 aromatic heterocycles. The van der Waals surface area contributed by atoms with Gasteiger partial charge < -0.3 is 5.32 Å². The van der Waals surface area contributed by atoms with E-state index in [9.17, 15) is 9.59 Å². The van der Waals surface area contributed by atoms with Crippen molar-refractivity contribution >= 4 is 29.1 Å². The van der Waals surface area contributed by atoms with E-state index in [1.165, 1.54) is 6.20 Å². The van der Waals surface area contributed by atoms with Crippen molar-refractivity contribution in [3.63, 3.8) is 0 Å².